The molecule has 0 bridgehead atoms. The lowest BCUT2D eigenvalue weighted by Gasteiger charge is -2.41. The number of anilines is 1. The number of imidazole rings is 1. The van der Waals surface area contributed by atoms with Crippen molar-refractivity contribution in [2.24, 2.45) is 5.92 Å². The van der Waals surface area contributed by atoms with Crippen molar-refractivity contribution in [3.8, 4) is 0 Å². The van der Waals surface area contributed by atoms with Crippen molar-refractivity contribution in [3.63, 3.8) is 0 Å². The number of carbonyl (C=O) groups is 2. The van der Waals surface area contributed by atoms with Crippen LogP contribution in [-0.2, 0) is 22.6 Å². The van der Waals surface area contributed by atoms with Gasteiger partial charge in [-0.3, -0.25) is 9.59 Å². The molecule has 2 aliphatic heterocycles. The number of aliphatic hydroxyl groups excluding tert-OH is 1. The van der Waals surface area contributed by atoms with Crippen LogP contribution in [0.1, 0.15) is 56.7 Å². The summed E-state index contributed by atoms with van der Waals surface area (Å²) in [6.45, 7) is 2.68. The summed E-state index contributed by atoms with van der Waals surface area (Å²) in [4.78, 5) is 31.7. The van der Waals surface area contributed by atoms with Crippen LogP contribution in [0, 0.1) is 5.92 Å². The van der Waals surface area contributed by atoms with Crippen molar-refractivity contribution in [1.82, 2.24) is 9.55 Å². The monoisotopic (exact) mass is 559 g/mol. The summed E-state index contributed by atoms with van der Waals surface area (Å²) >= 11 is 0. The van der Waals surface area contributed by atoms with Gasteiger partial charge < -0.3 is 19.1 Å². The topological polar surface area (TPSA) is 93.9 Å². The van der Waals surface area contributed by atoms with E-state index in [9.17, 15) is 14.7 Å². The van der Waals surface area contributed by atoms with Crippen LogP contribution in [-0.4, -0.2) is 32.6 Å². The van der Waals surface area contributed by atoms with E-state index in [4.69, 9.17) is 9.47 Å². The number of para-hydroxylation sites is 2. The first-order valence-corrected chi connectivity index (χ1v) is 14.0. The second-order valence-corrected chi connectivity index (χ2v) is 10.8. The molecule has 2 aliphatic rings. The van der Waals surface area contributed by atoms with Crippen molar-refractivity contribution >= 4 is 28.5 Å². The Morgan fingerprint density at radius 2 is 1.43 bits per heavy atom. The standard InChI is InChI=1S/C34H29N3O5/c1-21-30(18-36-20-35-28-8-4-5-9-29(28)36)41-34(42-31(21)23-12-10-22(19-38)11-13-23)24-14-16-25(17-15-24)37-32(39)26-6-2-3-7-27(26)33(37)40/h2-17,20-21,30-31,34,38H,18-19H2,1H3/t21-,30+,31+,34+/m0/s1. The highest BCUT2D eigenvalue weighted by molar-refractivity contribution is 6.34. The summed E-state index contributed by atoms with van der Waals surface area (Å²) in [5.41, 5.74) is 5.87. The van der Waals surface area contributed by atoms with E-state index in [-0.39, 0.29) is 36.5 Å². The molecule has 8 heteroatoms. The van der Waals surface area contributed by atoms with Crippen molar-refractivity contribution < 1.29 is 24.2 Å². The van der Waals surface area contributed by atoms with E-state index in [0.717, 1.165) is 27.7 Å². The van der Waals surface area contributed by atoms with Crippen LogP contribution in [0.2, 0.25) is 0 Å². The molecule has 4 aromatic carbocycles. The molecule has 1 saturated heterocycles. The van der Waals surface area contributed by atoms with Gasteiger partial charge in [0.2, 0.25) is 0 Å². The number of aliphatic hydroxyl groups is 1. The third-order valence-electron chi connectivity index (χ3n) is 8.24. The predicted octanol–water partition coefficient (Wildman–Crippen LogP) is 5.82. The number of fused-ring (bicyclic) bond motifs is 2. The predicted molar refractivity (Wildman–Crippen MR) is 157 cm³/mol. The number of amides is 2. The maximum Gasteiger partial charge on any atom is 0.266 e. The minimum absolute atomic E-state index is 0.00000832. The lowest BCUT2D eigenvalue weighted by atomic mass is 9.90. The number of hydrogen-bond acceptors (Lipinski definition) is 6. The maximum atomic E-state index is 13.0. The molecule has 1 aromatic heterocycles. The number of nitrogens with zero attached hydrogens (tertiary/aromatic N) is 3. The van der Waals surface area contributed by atoms with Crippen LogP contribution in [0.15, 0.2) is 103 Å². The molecular formula is C34H29N3O5. The zero-order valence-corrected chi connectivity index (χ0v) is 23.0. The average molecular weight is 560 g/mol. The first kappa shape index (κ1) is 26.3. The summed E-state index contributed by atoms with van der Waals surface area (Å²) in [7, 11) is 0. The first-order valence-electron chi connectivity index (χ1n) is 14.0. The molecule has 3 heterocycles. The van der Waals surface area contributed by atoms with Crippen molar-refractivity contribution in [1.29, 1.82) is 0 Å². The summed E-state index contributed by atoms with van der Waals surface area (Å²) in [5, 5.41) is 9.53. The molecule has 0 radical (unpaired) electrons. The zero-order chi connectivity index (χ0) is 28.8. The van der Waals surface area contributed by atoms with Gasteiger partial charge in [-0.25, -0.2) is 9.88 Å². The Hall–Kier alpha value is -4.63. The number of imide groups is 1. The summed E-state index contributed by atoms with van der Waals surface area (Å²) in [5.74, 6) is -0.664. The van der Waals surface area contributed by atoms with Gasteiger partial charge in [-0.15, -0.1) is 0 Å². The fraction of sp³-hybridized carbons (Fsp3) is 0.206. The third-order valence-corrected chi connectivity index (χ3v) is 8.24. The molecule has 0 unspecified atom stereocenters. The summed E-state index contributed by atoms with van der Waals surface area (Å²) in [6, 6.07) is 29.9. The Morgan fingerprint density at radius 1 is 0.786 bits per heavy atom. The van der Waals surface area contributed by atoms with Gasteiger partial charge in [0.25, 0.3) is 11.8 Å². The van der Waals surface area contributed by atoms with E-state index in [1.165, 1.54) is 4.90 Å². The van der Waals surface area contributed by atoms with Gasteiger partial charge in [-0.05, 0) is 47.5 Å². The second kappa shape index (κ2) is 10.6. The first-order chi connectivity index (χ1) is 20.5. The lowest BCUT2D eigenvalue weighted by molar-refractivity contribution is -0.276. The fourth-order valence-electron chi connectivity index (χ4n) is 5.88. The van der Waals surface area contributed by atoms with Crippen LogP contribution >= 0.6 is 0 Å². The van der Waals surface area contributed by atoms with E-state index in [1.807, 2.05) is 67.0 Å². The van der Waals surface area contributed by atoms with Crippen LogP contribution in [0.4, 0.5) is 5.69 Å². The average Bonchev–Trinajstić information content (AvgIpc) is 3.56. The molecular weight excluding hydrogens is 530 g/mol. The molecule has 4 atom stereocenters. The number of aromatic nitrogens is 2. The van der Waals surface area contributed by atoms with Crippen LogP contribution in [0.3, 0.4) is 0 Å². The third kappa shape index (κ3) is 4.50. The van der Waals surface area contributed by atoms with E-state index >= 15 is 0 Å². The highest BCUT2D eigenvalue weighted by atomic mass is 16.7. The Kier molecular flexibility index (Phi) is 6.66. The number of carbonyl (C=O) groups excluding carboxylic acids is 2. The van der Waals surface area contributed by atoms with Crippen LogP contribution < -0.4 is 4.90 Å². The molecule has 1 N–H and O–H groups in total. The Balaban J connectivity index is 1.19. The Labute approximate surface area is 242 Å². The molecule has 0 spiro atoms. The Morgan fingerprint density at radius 3 is 2.12 bits per heavy atom. The van der Waals surface area contributed by atoms with E-state index in [2.05, 4.69) is 16.5 Å². The molecule has 7 rings (SSSR count). The molecule has 2 amide bonds. The smallest absolute Gasteiger partial charge is 0.266 e. The van der Waals surface area contributed by atoms with Gasteiger partial charge in [-0.1, -0.05) is 67.6 Å². The minimum Gasteiger partial charge on any atom is -0.392 e. The SMILES string of the molecule is C[C@H]1[C@@H](Cn2cnc3ccccc32)O[C@@H](c2ccc(N3C(=O)c4ccccc4C3=O)cc2)O[C@H]1c1ccc(CO)cc1. The van der Waals surface area contributed by atoms with Gasteiger partial charge in [0.1, 0.15) is 0 Å². The second-order valence-electron chi connectivity index (χ2n) is 10.8. The minimum atomic E-state index is -0.681. The van der Waals surface area contributed by atoms with Gasteiger partial charge in [0, 0.05) is 11.5 Å². The number of ether oxygens (including phenoxy) is 2. The molecule has 0 saturated carbocycles. The maximum absolute atomic E-state index is 13.0. The van der Waals surface area contributed by atoms with Crippen molar-refractivity contribution in [2.45, 2.75) is 38.6 Å². The molecule has 1 fully saturated rings. The largest absolute Gasteiger partial charge is 0.392 e. The lowest BCUT2D eigenvalue weighted by Crippen LogP contribution is -2.39. The van der Waals surface area contributed by atoms with E-state index in [1.54, 1.807) is 36.4 Å². The van der Waals surface area contributed by atoms with E-state index < -0.39 is 6.29 Å². The van der Waals surface area contributed by atoms with Gasteiger partial charge in [-0.2, -0.15) is 0 Å². The van der Waals surface area contributed by atoms with Crippen LogP contribution in [0.25, 0.3) is 11.0 Å². The normalized spacial score (nSPS) is 22.1. The van der Waals surface area contributed by atoms with Crippen molar-refractivity contribution in [3.05, 3.63) is 131 Å². The van der Waals surface area contributed by atoms with E-state index in [0.29, 0.717) is 23.4 Å². The van der Waals surface area contributed by atoms with Crippen LogP contribution in [0.5, 0.6) is 0 Å². The molecule has 42 heavy (non-hydrogen) atoms. The Bertz CT molecular complexity index is 1740. The molecule has 8 nitrogen and oxygen atoms in total. The van der Waals surface area contributed by atoms with Gasteiger partial charge >= 0.3 is 0 Å². The molecule has 0 aliphatic carbocycles. The van der Waals surface area contributed by atoms with Gasteiger partial charge in [0.05, 0.1) is 59.5 Å². The van der Waals surface area contributed by atoms with Gasteiger partial charge in [0.15, 0.2) is 6.29 Å². The number of hydrogen-bond donors (Lipinski definition) is 1. The number of benzene rings is 4. The molecule has 210 valence electrons. The quantitative estimate of drug-likeness (QED) is 0.264. The highest BCUT2D eigenvalue weighted by Crippen LogP contribution is 2.42. The summed E-state index contributed by atoms with van der Waals surface area (Å²) < 4.78 is 15.3. The summed E-state index contributed by atoms with van der Waals surface area (Å²) in [6.07, 6.45) is 0.680. The highest BCUT2D eigenvalue weighted by Gasteiger charge is 2.40. The zero-order valence-electron chi connectivity index (χ0n) is 23.0. The number of rotatable bonds is 6. The van der Waals surface area contributed by atoms with Crippen molar-refractivity contribution in [2.75, 3.05) is 4.90 Å². The fourth-order valence-corrected chi connectivity index (χ4v) is 5.88. The molecule has 5 aromatic rings.